The van der Waals surface area contributed by atoms with E-state index >= 15 is 0 Å². The Morgan fingerprint density at radius 2 is 2.35 bits per heavy atom. The Labute approximate surface area is 105 Å². The van der Waals surface area contributed by atoms with Crippen molar-refractivity contribution >= 4 is 23.2 Å². The van der Waals surface area contributed by atoms with Crippen LogP contribution in [0.2, 0.25) is 5.02 Å². The van der Waals surface area contributed by atoms with Crippen LogP contribution in [0.5, 0.6) is 0 Å². The first-order valence-electron chi connectivity index (χ1n) is 5.29. The average Bonchev–Trinajstić information content (AvgIpc) is 2.70. The summed E-state index contributed by atoms with van der Waals surface area (Å²) in [7, 11) is 0. The first kappa shape index (κ1) is 11.7. The van der Waals surface area contributed by atoms with Crippen molar-refractivity contribution in [3.05, 3.63) is 41.4 Å². The third kappa shape index (κ3) is 2.04. The van der Waals surface area contributed by atoms with Crippen LogP contribution in [0.3, 0.4) is 0 Å². The third-order valence-electron chi connectivity index (χ3n) is 2.88. The molecule has 0 bridgehead atoms. The number of hydrogen-bond acceptors (Lipinski definition) is 2. The zero-order valence-corrected chi connectivity index (χ0v) is 9.94. The summed E-state index contributed by atoms with van der Waals surface area (Å²) in [5.41, 5.74) is 0.946. The molecule has 1 aromatic carbocycles. The topological polar surface area (TPSA) is 44.1 Å². The number of nitriles is 1. The molecule has 2 rings (SSSR count). The number of anilines is 1. The summed E-state index contributed by atoms with van der Waals surface area (Å²) in [6.07, 6.45) is 2.22. The van der Waals surface area contributed by atoms with E-state index in [1.165, 1.54) is 0 Å². The summed E-state index contributed by atoms with van der Waals surface area (Å²) in [4.78, 5) is 13.5. The number of carbonyl (C=O) groups excluding carboxylic acids is 1. The second-order valence-corrected chi connectivity index (χ2v) is 4.36. The standard InChI is InChI=1S/C13H11ClN2O/c1-2-9-6-13(17)16(8-9)12-5-3-4-11(14)10(12)7-15/h2-5,9H,1,6,8H2. The van der Waals surface area contributed by atoms with Gasteiger partial charge in [-0.25, -0.2) is 0 Å². The van der Waals surface area contributed by atoms with Crippen molar-refractivity contribution in [3.8, 4) is 6.07 Å². The highest BCUT2D eigenvalue weighted by Crippen LogP contribution is 2.31. The van der Waals surface area contributed by atoms with Gasteiger partial charge in [0.2, 0.25) is 5.91 Å². The van der Waals surface area contributed by atoms with Crippen LogP contribution in [0.4, 0.5) is 5.69 Å². The molecule has 1 fully saturated rings. The van der Waals surface area contributed by atoms with Gasteiger partial charge in [0.1, 0.15) is 6.07 Å². The molecule has 0 saturated carbocycles. The summed E-state index contributed by atoms with van der Waals surface area (Å²) in [5.74, 6) is 0.154. The SMILES string of the molecule is C=CC1CC(=O)N(c2cccc(Cl)c2C#N)C1. The lowest BCUT2D eigenvalue weighted by Crippen LogP contribution is -2.25. The third-order valence-corrected chi connectivity index (χ3v) is 3.20. The normalized spacial score (nSPS) is 19.2. The first-order valence-corrected chi connectivity index (χ1v) is 5.66. The lowest BCUT2D eigenvalue weighted by Gasteiger charge is -2.18. The molecule has 1 aliphatic rings. The van der Waals surface area contributed by atoms with Gasteiger partial charge in [-0.3, -0.25) is 4.79 Å². The molecular formula is C13H11ClN2O. The van der Waals surface area contributed by atoms with Gasteiger partial charge in [-0.2, -0.15) is 5.26 Å². The molecule has 4 heteroatoms. The van der Waals surface area contributed by atoms with Gasteiger partial charge in [-0.05, 0) is 12.1 Å². The number of nitrogens with zero attached hydrogens (tertiary/aromatic N) is 2. The van der Waals surface area contributed by atoms with Gasteiger partial charge in [0.05, 0.1) is 16.3 Å². The molecule has 1 aromatic rings. The van der Waals surface area contributed by atoms with E-state index in [1.807, 2.05) is 6.07 Å². The molecule has 1 aliphatic heterocycles. The van der Waals surface area contributed by atoms with Crippen molar-refractivity contribution in [2.45, 2.75) is 6.42 Å². The van der Waals surface area contributed by atoms with Crippen LogP contribution in [0.25, 0.3) is 0 Å². The Kier molecular flexibility index (Phi) is 3.16. The molecule has 1 atom stereocenters. The Bertz CT molecular complexity index is 519. The van der Waals surface area contributed by atoms with E-state index in [4.69, 9.17) is 16.9 Å². The van der Waals surface area contributed by atoms with Crippen LogP contribution in [0.1, 0.15) is 12.0 Å². The van der Waals surface area contributed by atoms with E-state index in [2.05, 4.69) is 6.58 Å². The van der Waals surface area contributed by atoms with Gasteiger partial charge < -0.3 is 4.90 Å². The van der Waals surface area contributed by atoms with E-state index < -0.39 is 0 Å². The van der Waals surface area contributed by atoms with Gasteiger partial charge >= 0.3 is 0 Å². The second-order valence-electron chi connectivity index (χ2n) is 3.95. The average molecular weight is 247 g/mol. The fourth-order valence-electron chi connectivity index (χ4n) is 1.97. The van der Waals surface area contributed by atoms with Crippen LogP contribution in [0.15, 0.2) is 30.9 Å². The fraction of sp³-hybridized carbons (Fsp3) is 0.231. The number of carbonyl (C=O) groups is 1. The zero-order valence-electron chi connectivity index (χ0n) is 9.19. The Morgan fingerprint density at radius 1 is 1.59 bits per heavy atom. The van der Waals surface area contributed by atoms with Crippen molar-refractivity contribution in [3.63, 3.8) is 0 Å². The van der Waals surface area contributed by atoms with Crippen molar-refractivity contribution in [1.82, 2.24) is 0 Å². The molecule has 3 nitrogen and oxygen atoms in total. The fourth-order valence-corrected chi connectivity index (χ4v) is 2.19. The Hall–Kier alpha value is -1.79. The van der Waals surface area contributed by atoms with Gasteiger partial charge in [0.25, 0.3) is 0 Å². The minimum Gasteiger partial charge on any atom is -0.310 e. The molecule has 17 heavy (non-hydrogen) atoms. The largest absolute Gasteiger partial charge is 0.310 e. The van der Waals surface area contributed by atoms with Crippen LogP contribution >= 0.6 is 11.6 Å². The van der Waals surface area contributed by atoms with E-state index in [1.54, 1.807) is 29.2 Å². The number of hydrogen-bond donors (Lipinski definition) is 0. The lowest BCUT2D eigenvalue weighted by atomic mass is 10.1. The molecule has 0 radical (unpaired) electrons. The minimum atomic E-state index is 0.00802. The number of halogens is 1. The monoisotopic (exact) mass is 246 g/mol. The second kappa shape index (κ2) is 4.60. The van der Waals surface area contributed by atoms with Crippen molar-refractivity contribution in [2.24, 2.45) is 5.92 Å². The molecule has 1 amide bonds. The summed E-state index contributed by atoms with van der Waals surface area (Å²) in [6, 6.07) is 7.18. The first-order chi connectivity index (χ1) is 8.17. The maximum Gasteiger partial charge on any atom is 0.227 e. The highest BCUT2D eigenvalue weighted by atomic mass is 35.5. The predicted octanol–water partition coefficient (Wildman–Crippen LogP) is 2.75. The maximum atomic E-state index is 11.8. The molecule has 1 heterocycles. The molecule has 0 N–H and O–H groups in total. The number of amides is 1. The summed E-state index contributed by atoms with van der Waals surface area (Å²) in [6.45, 7) is 4.26. The van der Waals surface area contributed by atoms with Crippen LogP contribution in [0, 0.1) is 17.2 Å². The predicted molar refractivity (Wildman–Crippen MR) is 66.8 cm³/mol. The van der Waals surface area contributed by atoms with Crippen molar-refractivity contribution < 1.29 is 4.79 Å². The van der Waals surface area contributed by atoms with E-state index in [9.17, 15) is 4.79 Å². The van der Waals surface area contributed by atoms with Gasteiger partial charge in [0.15, 0.2) is 0 Å². The van der Waals surface area contributed by atoms with Gasteiger partial charge in [0, 0.05) is 18.9 Å². The van der Waals surface area contributed by atoms with E-state index in [-0.39, 0.29) is 11.8 Å². The molecule has 86 valence electrons. The Morgan fingerprint density at radius 3 is 2.94 bits per heavy atom. The van der Waals surface area contributed by atoms with Crippen LogP contribution < -0.4 is 4.90 Å². The Balaban J connectivity index is 2.42. The highest BCUT2D eigenvalue weighted by molar-refractivity contribution is 6.32. The smallest absolute Gasteiger partial charge is 0.227 e. The maximum absolute atomic E-state index is 11.8. The highest BCUT2D eigenvalue weighted by Gasteiger charge is 2.30. The molecule has 0 aromatic heterocycles. The number of rotatable bonds is 2. The van der Waals surface area contributed by atoms with Crippen molar-refractivity contribution in [2.75, 3.05) is 11.4 Å². The molecule has 0 aliphatic carbocycles. The van der Waals surface area contributed by atoms with E-state index in [0.717, 1.165) is 0 Å². The van der Waals surface area contributed by atoms with Crippen LogP contribution in [-0.2, 0) is 4.79 Å². The summed E-state index contributed by atoms with van der Waals surface area (Å²) >= 11 is 5.95. The molecule has 0 spiro atoms. The lowest BCUT2D eigenvalue weighted by molar-refractivity contribution is -0.117. The molecule has 1 unspecified atom stereocenters. The van der Waals surface area contributed by atoms with Gasteiger partial charge in [-0.1, -0.05) is 23.7 Å². The molecule has 1 saturated heterocycles. The van der Waals surface area contributed by atoms with Gasteiger partial charge in [-0.15, -0.1) is 6.58 Å². The summed E-state index contributed by atoms with van der Waals surface area (Å²) < 4.78 is 0. The zero-order chi connectivity index (χ0) is 12.4. The molecular weight excluding hydrogens is 236 g/mol. The van der Waals surface area contributed by atoms with E-state index in [0.29, 0.717) is 29.2 Å². The minimum absolute atomic E-state index is 0.00802. The number of benzene rings is 1. The van der Waals surface area contributed by atoms with Crippen molar-refractivity contribution in [1.29, 1.82) is 5.26 Å². The van der Waals surface area contributed by atoms with Crippen LogP contribution in [-0.4, -0.2) is 12.5 Å². The summed E-state index contributed by atoms with van der Waals surface area (Å²) in [5, 5.41) is 9.45. The quantitative estimate of drug-likeness (QED) is 0.753.